The molecule has 1 heteroatoms. The number of benzene rings is 1. The van der Waals surface area contributed by atoms with Gasteiger partial charge in [0.25, 0.3) is 0 Å². The fourth-order valence-corrected chi connectivity index (χ4v) is 1.24. The van der Waals surface area contributed by atoms with Crippen molar-refractivity contribution in [2.45, 2.75) is 20.3 Å². The van der Waals surface area contributed by atoms with Gasteiger partial charge in [0.15, 0.2) is 0 Å². The van der Waals surface area contributed by atoms with Gasteiger partial charge < -0.3 is 0 Å². The van der Waals surface area contributed by atoms with Crippen LogP contribution in [-0.2, 0) is 0 Å². The maximum absolute atomic E-state index is 12.5. The molecule has 64 valence electrons. The van der Waals surface area contributed by atoms with Crippen LogP contribution in [0.1, 0.15) is 25.8 Å². The topological polar surface area (TPSA) is 0 Å². The number of hydrogen-bond donors (Lipinski definition) is 0. The summed E-state index contributed by atoms with van der Waals surface area (Å²) < 4.78 is 12.5. The average Bonchev–Trinajstić information content (AvgIpc) is 2.10. The number of halogens is 1. The standard InChI is InChI=1S/C11H13F/c1-3-9(4-2)10-5-7-11(12)8-6-10/h3,5-8H,4H2,1-2H3/b9-3+. The molecule has 1 aromatic carbocycles. The summed E-state index contributed by atoms with van der Waals surface area (Å²) >= 11 is 0. The van der Waals surface area contributed by atoms with Crippen molar-refractivity contribution < 1.29 is 4.39 Å². The molecule has 12 heavy (non-hydrogen) atoms. The first-order chi connectivity index (χ1) is 5.77. The van der Waals surface area contributed by atoms with E-state index in [0.29, 0.717) is 0 Å². The van der Waals surface area contributed by atoms with E-state index in [1.807, 2.05) is 19.1 Å². The number of hydrogen-bond acceptors (Lipinski definition) is 0. The zero-order chi connectivity index (χ0) is 8.97. The van der Waals surface area contributed by atoms with E-state index >= 15 is 0 Å². The lowest BCUT2D eigenvalue weighted by molar-refractivity contribution is 0.627. The molecule has 0 bridgehead atoms. The van der Waals surface area contributed by atoms with Crippen molar-refractivity contribution in [3.05, 3.63) is 41.7 Å². The highest BCUT2D eigenvalue weighted by Gasteiger charge is 1.96. The van der Waals surface area contributed by atoms with Crippen molar-refractivity contribution in [1.82, 2.24) is 0 Å². The van der Waals surface area contributed by atoms with Gasteiger partial charge in [-0.05, 0) is 36.6 Å². The zero-order valence-corrected chi connectivity index (χ0v) is 7.47. The molecule has 0 N–H and O–H groups in total. The fourth-order valence-electron chi connectivity index (χ4n) is 1.24. The summed E-state index contributed by atoms with van der Waals surface area (Å²) in [5.41, 5.74) is 2.37. The van der Waals surface area contributed by atoms with Gasteiger partial charge in [0, 0.05) is 0 Å². The smallest absolute Gasteiger partial charge is 0.123 e. The molecule has 0 aliphatic carbocycles. The zero-order valence-electron chi connectivity index (χ0n) is 7.47. The summed E-state index contributed by atoms with van der Waals surface area (Å²) in [6, 6.07) is 6.62. The molecule has 0 saturated carbocycles. The van der Waals surface area contributed by atoms with Gasteiger partial charge in [-0.3, -0.25) is 0 Å². The molecule has 0 heterocycles. The molecule has 1 aromatic rings. The lowest BCUT2D eigenvalue weighted by atomic mass is 10.0. The van der Waals surface area contributed by atoms with E-state index in [4.69, 9.17) is 0 Å². The largest absolute Gasteiger partial charge is 0.207 e. The first kappa shape index (κ1) is 8.98. The van der Waals surface area contributed by atoms with Gasteiger partial charge in [-0.1, -0.05) is 25.1 Å². The van der Waals surface area contributed by atoms with Crippen LogP contribution < -0.4 is 0 Å². The van der Waals surface area contributed by atoms with E-state index in [1.54, 1.807) is 0 Å². The molecule has 0 radical (unpaired) electrons. The van der Waals surface area contributed by atoms with Crippen LogP contribution in [-0.4, -0.2) is 0 Å². The van der Waals surface area contributed by atoms with Crippen molar-refractivity contribution >= 4 is 5.57 Å². The van der Waals surface area contributed by atoms with Crippen molar-refractivity contribution in [3.63, 3.8) is 0 Å². The molecule has 0 nitrogen and oxygen atoms in total. The highest BCUT2D eigenvalue weighted by molar-refractivity contribution is 5.64. The molecule has 0 aromatic heterocycles. The van der Waals surface area contributed by atoms with Gasteiger partial charge in [0.1, 0.15) is 5.82 Å². The highest BCUT2D eigenvalue weighted by atomic mass is 19.1. The Hall–Kier alpha value is -1.11. The van der Waals surface area contributed by atoms with Crippen LogP contribution in [0.3, 0.4) is 0 Å². The Balaban J connectivity index is 2.96. The molecule has 1 rings (SSSR count). The molecule has 0 amide bonds. The molecule has 0 unspecified atom stereocenters. The molecular weight excluding hydrogens is 151 g/mol. The Kier molecular flexibility index (Phi) is 3.03. The molecule has 0 aliphatic rings. The molecule has 0 atom stereocenters. The van der Waals surface area contributed by atoms with Crippen molar-refractivity contribution in [3.8, 4) is 0 Å². The monoisotopic (exact) mass is 164 g/mol. The van der Waals surface area contributed by atoms with Crippen molar-refractivity contribution in [2.75, 3.05) is 0 Å². The molecular formula is C11H13F. The second-order valence-electron chi connectivity index (χ2n) is 2.67. The van der Waals surface area contributed by atoms with Gasteiger partial charge in [-0.25, -0.2) is 4.39 Å². The van der Waals surface area contributed by atoms with Gasteiger partial charge in [0.2, 0.25) is 0 Å². The minimum atomic E-state index is -0.176. The summed E-state index contributed by atoms with van der Waals surface area (Å²) in [6.07, 6.45) is 3.05. The SMILES string of the molecule is C/C=C(\CC)c1ccc(F)cc1. The van der Waals surface area contributed by atoms with E-state index in [1.165, 1.54) is 17.7 Å². The van der Waals surface area contributed by atoms with E-state index in [-0.39, 0.29) is 5.82 Å². The number of allylic oxidation sites excluding steroid dienone is 2. The van der Waals surface area contributed by atoms with Crippen LogP contribution in [0.25, 0.3) is 5.57 Å². The summed E-state index contributed by atoms with van der Waals surface area (Å²) in [7, 11) is 0. The van der Waals surface area contributed by atoms with Crippen LogP contribution in [0.15, 0.2) is 30.3 Å². The second-order valence-corrected chi connectivity index (χ2v) is 2.67. The van der Waals surface area contributed by atoms with Crippen molar-refractivity contribution in [1.29, 1.82) is 0 Å². The van der Waals surface area contributed by atoms with E-state index in [0.717, 1.165) is 12.0 Å². The Labute approximate surface area is 72.7 Å². The predicted molar refractivity (Wildman–Crippen MR) is 50.3 cm³/mol. The minimum absolute atomic E-state index is 0.176. The van der Waals surface area contributed by atoms with E-state index < -0.39 is 0 Å². The summed E-state index contributed by atoms with van der Waals surface area (Å²) in [5.74, 6) is -0.176. The summed E-state index contributed by atoms with van der Waals surface area (Å²) in [5, 5.41) is 0. The van der Waals surface area contributed by atoms with Gasteiger partial charge in [-0.15, -0.1) is 0 Å². The Bertz CT molecular complexity index is 270. The maximum atomic E-state index is 12.5. The lowest BCUT2D eigenvalue weighted by Crippen LogP contribution is -1.82. The maximum Gasteiger partial charge on any atom is 0.123 e. The van der Waals surface area contributed by atoms with Gasteiger partial charge >= 0.3 is 0 Å². The molecule has 0 spiro atoms. The van der Waals surface area contributed by atoms with Crippen LogP contribution in [0, 0.1) is 5.82 Å². The highest BCUT2D eigenvalue weighted by Crippen LogP contribution is 2.17. The third-order valence-electron chi connectivity index (χ3n) is 1.94. The van der Waals surface area contributed by atoms with Crippen LogP contribution >= 0.6 is 0 Å². The second kappa shape index (κ2) is 4.05. The van der Waals surface area contributed by atoms with Crippen LogP contribution in [0.2, 0.25) is 0 Å². The minimum Gasteiger partial charge on any atom is -0.207 e. The lowest BCUT2D eigenvalue weighted by Gasteiger charge is -2.02. The predicted octanol–water partition coefficient (Wildman–Crippen LogP) is 3.64. The Morgan fingerprint density at radius 1 is 1.33 bits per heavy atom. The molecule has 0 saturated heterocycles. The summed E-state index contributed by atoms with van der Waals surface area (Å²) in [4.78, 5) is 0. The normalized spacial score (nSPS) is 11.8. The fraction of sp³-hybridized carbons (Fsp3) is 0.273. The quantitative estimate of drug-likeness (QED) is 0.626. The average molecular weight is 164 g/mol. The van der Waals surface area contributed by atoms with E-state index in [2.05, 4.69) is 13.0 Å². The molecule has 0 aliphatic heterocycles. The van der Waals surface area contributed by atoms with Crippen molar-refractivity contribution in [2.24, 2.45) is 0 Å². The molecule has 0 fully saturated rings. The first-order valence-corrected chi connectivity index (χ1v) is 4.19. The first-order valence-electron chi connectivity index (χ1n) is 4.19. The van der Waals surface area contributed by atoms with Crippen LogP contribution in [0.4, 0.5) is 4.39 Å². The third-order valence-corrected chi connectivity index (χ3v) is 1.94. The third kappa shape index (κ3) is 1.94. The van der Waals surface area contributed by atoms with Crippen LogP contribution in [0.5, 0.6) is 0 Å². The van der Waals surface area contributed by atoms with Gasteiger partial charge in [-0.2, -0.15) is 0 Å². The Morgan fingerprint density at radius 2 is 1.92 bits per heavy atom. The van der Waals surface area contributed by atoms with Gasteiger partial charge in [0.05, 0.1) is 0 Å². The number of rotatable bonds is 2. The van der Waals surface area contributed by atoms with E-state index in [9.17, 15) is 4.39 Å². The Morgan fingerprint density at radius 3 is 2.33 bits per heavy atom. The summed E-state index contributed by atoms with van der Waals surface area (Å²) in [6.45, 7) is 4.10.